The Morgan fingerprint density at radius 1 is 1.28 bits per heavy atom. The average Bonchev–Trinajstić information content (AvgIpc) is 2.60. The molecule has 0 atom stereocenters. The van der Waals surface area contributed by atoms with Gasteiger partial charge in [-0.3, -0.25) is 9.36 Å². The second-order valence-electron chi connectivity index (χ2n) is 5.42. The fourth-order valence-electron chi connectivity index (χ4n) is 2.44. The first kappa shape index (κ1) is 18.1. The Morgan fingerprint density at radius 3 is 2.88 bits per heavy atom. The quantitative estimate of drug-likeness (QED) is 0.440. The summed E-state index contributed by atoms with van der Waals surface area (Å²) in [6.45, 7) is 0.824. The zero-order valence-electron chi connectivity index (χ0n) is 13.5. The number of hydrogen-bond donors (Lipinski definition) is 0. The fraction of sp³-hybridized carbons (Fsp3) is 0.222. The van der Waals surface area contributed by atoms with Gasteiger partial charge in [-0.25, -0.2) is 9.37 Å². The highest BCUT2D eigenvalue weighted by Gasteiger charge is 2.12. The van der Waals surface area contributed by atoms with Gasteiger partial charge in [-0.15, -0.1) is 0 Å². The van der Waals surface area contributed by atoms with E-state index in [-0.39, 0.29) is 11.4 Å². The minimum Gasteiger partial charge on any atom is -0.383 e. The molecular formula is C18H16BrFN2O2S. The summed E-state index contributed by atoms with van der Waals surface area (Å²) in [5.41, 5.74) is 1.38. The normalized spacial score (nSPS) is 11.2. The molecule has 0 saturated carbocycles. The van der Waals surface area contributed by atoms with Crippen molar-refractivity contribution >= 4 is 38.6 Å². The molecule has 0 fully saturated rings. The monoisotopic (exact) mass is 422 g/mol. The summed E-state index contributed by atoms with van der Waals surface area (Å²) in [7, 11) is 1.59. The van der Waals surface area contributed by atoms with Crippen molar-refractivity contribution in [3.05, 3.63) is 68.7 Å². The zero-order valence-corrected chi connectivity index (χ0v) is 15.9. The Bertz CT molecular complexity index is 961. The smallest absolute Gasteiger partial charge is 0.262 e. The van der Waals surface area contributed by atoms with Crippen LogP contribution in [-0.4, -0.2) is 23.3 Å². The van der Waals surface area contributed by atoms with Crippen LogP contribution in [0.25, 0.3) is 10.9 Å². The molecule has 0 radical (unpaired) electrons. The Hall–Kier alpha value is -1.70. The van der Waals surface area contributed by atoms with Gasteiger partial charge >= 0.3 is 0 Å². The Labute approximate surface area is 157 Å². The van der Waals surface area contributed by atoms with E-state index in [4.69, 9.17) is 4.74 Å². The fourth-order valence-corrected chi connectivity index (χ4v) is 3.77. The predicted molar refractivity (Wildman–Crippen MR) is 102 cm³/mol. The summed E-state index contributed by atoms with van der Waals surface area (Å²) in [5.74, 6) is 0.255. The number of hydrogen-bond acceptors (Lipinski definition) is 4. The van der Waals surface area contributed by atoms with E-state index in [0.717, 1.165) is 10.0 Å². The second kappa shape index (κ2) is 8.12. The first-order chi connectivity index (χ1) is 12.1. The number of thioether (sulfide) groups is 1. The van der Waals surface area contributed by atoms with Gasteiger partial charge in [0.1, 0.15) is 5.82 Å². The maximum atomic E-state index is 13.3. The molecule has 4 nitrogen and oxygen atoms in total. The van der Waals surface area contributed by atoms with Gasteiger partial charge in [-0.05, 0) is 35.9 Å². The summed E-state index contributed by atoms with van der Waals surface area (Å²) in [6, 6.07) is 11.9. The van der Waals surface area contributed by atoms with Crippen molar-refractivity contribution in [1.82, 2.24) is 9.55 Å². The molecule has 7 heteroatoms. The molecular weight excluding hydrogens is 407 g/mol. The van der Waals surface area contributed by atoms with Crippen molar-refractivity contribution in [2.24, 2.45) is 0 Å². The van der Waals surface area contributed by atoms with Crippen LogP contribution in [0.15, 0.2) is 56.9 Å². The third kappa shape index (κ3) is 4.29. The standard InChI is InChI=1S/C18H16BrFN2O2S/c1-24-8-7-22-17(23)15-10-13(19)5-6-16(15)21-18(22)25-11-12-3-2-4-14(20)9-12/h2-6,9-10H,7-8,11H2,1H3. The highest BCUT2D eigenvalue weighted by Crippen LogP contribution is 2.23. The summed E-state index contributed by atoms with van der Waals surface area (Å²) in [6.07, 6.45) is 0. The minimum atomic E-state index is -0.272. The number of aromatic nitrogens is 2. The zero-order chi connectivity index (χ0) is 17.8. The van der Waals surface area contributed by atoms with Gasteiger partial charge in [-0.2, -0.15) is 0 Å². The maximum Gasteiger partial charge on any atom is 0.262 e. The van der Waals surface area contributed by atoms with E-state index in [9.17, 15) is 9.18 Å². The largest absolute Gasteiger partial charge is 0.383 e. The van der Waals surface area contributed by atoms with E-state index in [1.807, 2.05) is 18.2 Å². The second-order valence-corrected chi connectivity index (χ2v) is 7.28. The van der Waals surface area contributed by atoms with E-state index in [1.54, 1.807) is 23.8 Å². The number of benzene rings is 2. The molecule has 3 rings (SSSR count). The van der Waals surface area contributed by atoms with Gasteiger partial charge in [0.25, 0.3) is 5.56 Å². The first-order valence-electron chi connectivity index (χ1n) is 7.65. The van der Waals surface area contributed by atoms with Crippen LogP contribution >= 0.6 is 27.7 Å². The van der Waals surface area contributed by atoms with Gasteiger partial charge in [0.2, 0.25) is 0 Å². The molecule has 0 spiro atoms. The Morgan fingerprint density at radius 2 is 2.12 bits per heavy atom. The van der Waals surface area contributed by atoms with Crippen molar-refractivity contribution in [2.45, 2.75) is 17.5 Å². The summed E-state index contributed by atoms with van der Waals surface area (Å²) in [4.78, 5) is 17.5. The van der Waals surface area contributed by atoms with Gasteiger partial charge in [0.15, 0.2) is 5.16 Å². The highest BCUT2D eigenvalue weighted by atomic mass is 79.9. The molecule has 0 saturated heterocycles. The topological polar surface area (TPSA) is 44.1 Å². The Balaban J connectivity index is 1.99. The molecule has 1 heterocycles. The van der Waals surface area contributed by atoms with Gasteiger partial charge in [-0.1, -0.05) is 39.8 Å². The lowest BCUT2D eigenvalue weighted by atomic mass is 10.2. The van der Waals surface area contributed by atoms with E-state index < -0.39 is 0 Å². The van der Waals surface area contributed by atoms with E-state index in [0.29, 0.717) is 35.0 Å². The van der Waals surface area contributed by atoms with Crippen molar-refractivity contribution in [3.63, 3.8) is 0 Å². The molecule has 3 aromatic rings. The lowest BCUT2D eigenvalue weighted by Gasteiger charge is -2.13. The predicted octanol–water partition coefficient (Wildman–Crippen LogP) is 4.24. The maximum absolute atomic E-state index is 13.3. The Kier molecular flexibility index (Phi) is 5.88. The van der Waals surface area contributed by atoms with Gasteiger partial charge in [0.05, 0.1) is 24.1 Å². The molecule has 0 unspecified atom stereocenters. The third-order valence-corrected chi connectivity index (χ3v) is 5.20. The van der Waals surface area contributed by atoms with Crippen LogP contribution in [0.2, 0.25) is 0 Å². The lowest BCUT2D eigenvalue weighted by molar-refractivity contribution is 0.183. The first-order valence-corrected chi connectivity index (χ1v) is 9.42. The highest BCUT2D eigenvalue weighted by molar-refractivity contribution is 9.10. The van der Waals surface area contributed by atoms with Crippen molar-refractivity contribution in [1.29, 1.82) is 0 Å². The molecule has 0 N–H and O–H groups in total. The number of halogens is 2. The molecule has 0 aliphatic heterocycles. The number of nitrogens with zero attached hydrogens (tertiary/aromatic N) is 2. The van der Waals surface area contributed by atoms with Gasteiger partial charge in [0, 0.05) is 17.3 Å². The lowest BCUT2D eigenvalue weighted by Crippen LogP contribution is -2.25. The summed E-state index contributed by atoms with van der Waals surface area (Å²) >= 11 is 4.80. The summed E-state index contributed by atoms with van der Waals surface area (Å²) in [5, 5.41) is 1.15. The molecule has 0 aliphatic rings. The van der Waals surface area contributed by atoms with Crippen LogP contribution in [0.3, 0.4) is 0 Å². The molecule has 0 aliphatic carbocycles. The molecule has 0 bridgehead atoms. The van der Waals surface area contributed by atoms with Crippen LogP contribution in [0.4, 0.5) is 4.39 Å². The van der Waals surface area contributed by atoms with Crippen molar-refractivity contribution in [3.8, 4) is 0 Å². The van der Waals surface area contributed by atoms with Crippen molar-refractivity contribution in [2.75, 3.05) is 13.7 Å². The van der Waals surface area contributed by atoms with Crippen LogP contribution in [0, 0.1) is 5.82 Å². The number of ether oxygens (including phenoxy) is 1. The molecule has 1 aromatic heterocycles. The molecule has 0 amide bonds. The van der Waals surface area contributed by atoms with Crippen LogP contribution in [0.1, 0.15) is 5.56 Å². The third-order valence-electron chi connectivity index (χ3n) is 3.66. The van der Waals surface area contributed by atoms with E-state index in [1.165, 1.54) is 23.9 Å². The van der Waals surface area contributed by atoms with Crippen LogP contribution < -0.4 is 5.56 Å². The minimum absolute atomic E-state index is 0.106. The molecule has 25 heavy (non-hydrogen) atoms. The van der Waals surface area contributed by atoms with E-state index >= 15 is 0 Å². The van der Waals surface area contributed by atoms with Crippen LogP contribution in [0.5, 0.6) is 0 Å². The van der Waals surface area contributed by atoms with Crippen LogP contribution in [-0.2, 0) is 17.0 Å². The number of rotatable bonds is 6. The van der Waals surface area contributed by atoms with E-state index in [2.05, 4.69) is 20.9 Å². The summed E-state index contributed by atoms with van der Waals surface area (Å²) < 4.78 is 20.9. The molecule has 130 valence electrons. The SMILES string of the molecule is COCCn1c(SCc2cccc(F)c2)nc2ccc(Br)cc2c1=O. The van der Waals surface area contributed by atoms with Crippen molar-refractivity contribution < 1.29 is 9.13 Å². The molecule has 2 aromatic carbocycles. The number of fused-ring (bicyclic) bond motifs is 1. The number of methoxy groups -OCH3 is 1. The average molecular weight is 423 g/mol. The van der Waals surface area contributed by atoms with Gasteiger partial charge < -0.3 is 4.74 Å².